The molecule has 2 N–H and O–H groups in total. The van der Waals surface area contributed by atoms with Crippen LogP contribution in [0.25, 0.3) is 11.3 Å². The van der Waals surface area contributed by atoms with Gasteiger partial charge in [-0.05, 0) is 24.1 Å². The van der Waals surface area contributed by atoms with E-state index in [0.29, 0.717) is 6.61 Å². The molecule has 18 heavy (non-hydrogen) atoms. The summed E-state index contributed by atoms with van der Waals surface area (Å²) in [4.78, 5) is 0. The Hall–Kier alpha value is -1.58. The molecule has 1 aromatic heterocycles. The third-order valence-electron chi connectivity index (χ3n) is 3.01. The molecule has 0 fully saturated rings. The van der Waals surface area contributed by atoms with E-state index in [1.54, 1.807) is 7.11 Å². The second kappa shape index (κ2) is 5.85. The van der Waals surface area contributed by atoms with E-state index in [-0.39, 0.29) is 6.04 Å². The first-order valence-corrected chi connectivity index (χ1v) is 6.18. The Balaban J connectivity index is 2.33. The zero-order valence-electron chi connectivity index (χ0n) is 10.8. The van der Waals surface area contributed by atoms with Crippen molar-refractivity contribution in [3.8, 4) is 11.3 Å². The highest BCUT2D eigenvalue weighted by Gasteiger charge is 2.12. The molecule has 2 aromatic rings. The lowest BCUT2D eigenvalue weighted by Gasteiger charge is -2.07. The Labute approximate surface area is 108 Å². The fourth-order valence-electron chi connectivity index (χ4n) is 1.94. The second-order valence-corrected chi connectivity index (χ2v) is 4.31. The lowest BCUT2D eigenvalue weighted by atomic mass is 10.1. The SMILES string of the molecule is CCC(N)c1ccc(-c2ccccc2COC)o1. The number of nitrogens with two attached hydrogens (primary N) is 1. The van der Waals surface area contributed by atoms with Crippen LogP contribution in [0.15, 0.2) is 40.8 Å². The number of rotatable bonds is 5. The van der Waals surface area contributed by atoms with Crippen LogP contribution in [-0.4, -0.2) is 7.11 Å². The van der Waals surface area contributed by atoms with Gasteiger partial charge in [0.25, 0.3) is 0 Å². The van der Waals surface area contributed by atoms with Crippen LogP contribution in [0.4, 0.5) is 0 Å². The van der Waals surface area contributed by atoms with Crippen LogP contribution in [0.1, 0.15) is 30.7 Å². The van der Waals surface area contributed by atoms with Gasteiger partial charge in [0.05, 0.1) is 12.6 Å². The molecule has 1 atom stereocenters. The van der Waals surface area contributed by atoms with Crippen molar-refractivity contribution in [3.05, 3.63) is 47.7 Å². The molecule has 0 aliphatic carbocycles. The molecule has 3 heteroatoms. The number of benzene rings is 1. The van der Waals surface area contributed by atoms with Gasteiger partial charge in [-0.1, -0.05) is 31.2 Å². The standard InChI is InChI=1S/C15H19NO2/c1-3-13(16)15-9-8-14(18-15)12-7-5-4-6-11(12)10-17-2/h4-9,13H,3,10,16H2,1-2H3. The molecule has 0 amide bonds. The number of ether oxygens (including phenoxy) is 1. The van der Waals surface area contributed by atoms with Crippen molar-refractivity contribution in [2.45, 2.75) is 26.0 Å². The van der Waals surface area contributed by atoms with Crippen molar-refractivity contribution >= 4 is 0 Å². The van der Waals surface area contributed by atoms with Gasteiger partial charge in [0.15, 0.2) is 0 Å². The van der Waals surface area contributed by atoms with Gasteiger partial charge < -0.3 is 14.9 Å². The average Bonchev–Trinajstić information content (AvgIpc) is 2.88. The third-order valence-corrected chi connectivity index (χ3v) is 3.01. The molecule has 0 radical (unpaired) electrons. The lowest BCUT2D eigenvalue weighted by molar-refractivity contribution is 0.185. The first-order chi connectivity index (χ1) is 8.76. The van der Waals surface area contributed by atoms with Gasteiger partial charge in [-0.2, -0.15) is 0 Å². The van der Waals surface area contributed by atoms with Crippen LogP contribution in [-0.2, 0) is 11.3 Å². The molecule has 0 saturated heterocycles. The average molecular weight is 245 g/mol. The van der Waals surface area contributed by atoms with Crippen molar-refractivity contribution in [1.82, 2.24) is 0 Å². The maximum atomic E-state index is 5.96. The molecule has 1 aromatic carbocycles. The molecule has 1 unspecified atom stereocenters. The van der Waals surface area contributed by atoms with E-state index in [2.05, 4.69) is 0 Å². The second-order valence-electron chi connectivity index (χ2n) is 4.31. The maximum absolute atomic E-state index is 5.96. The molecule has 0 saturated carbocycles. The summed E-state index contributed by atoms with van der Waals surface area (Å²) >= 11 is 0. The summed E-state index contributed by atoms with van der Waals surface area (Å²) in [5, 5.41) is 0. The van der Waals surface area contributed by atoms with Gasteiger partial charge in [0, 0.05) is 12.7 Å². The fraction of sp³-hybridized carbons (Fsp3) is 0.333. The minimum absolute atomic E-state index is 0.0339. The molecule has 1 heterocycles. The molecule has 0 aliphatic rings. The van der Waals surface area contributed by atoms with E-state index in [1.807, 2.05) is 43.3 Å². The Bertz CT molecular complexity index is 505. The number of hydrogen-bond acceptors (Lipinski definition) is 3. The fourth-order valence-corrected chi connectivity index (χ4v) is 1.94. The van der Waals surface area contributed by atoms with Crippen molar-refractivity contribution < 1.29 is 9.15 Å². The van der Waals surface area contributed by atoms with Gasteiger partial charge in [-0.25, -0.2) is 0 Å². The molecular formula is C15H19NO2. The summed E-state index contributed by atoms with van der Waals surface area (Å²) in [5.41, 5.74) is 8.14. The van der Waals surface area contributed by atoms with Crippen LogP contribution in [0.3, 0.4) is 0 Å². The first kappa shape index (κ1) is 12.9. The highest BCUT2D eigenvalue weighted by molar-refractivity contribution is 5.62. The van der Waals surface area contributed by atoms with Gasteiger partial charge in [0.2, 0.25) is 0 Å². The Morgan fingerprint density at radius 2 is 2.00 bits per heavy atom. The van der Waals surface area contributed by atoms with E-state index in [0.717, 1.165) is 29.1 Å². The summed E-state index contributed by atoms with van der Waals surface area (Å²) < 4.78 is 11.0. The largest absolute Gasteiger partial charge is 0.459 e. The van der Waals surface area contributed by atoms with E-state index in [9.17, 15) is 0 Å². The van der Waals surface area contributed by atoms with E-state index >= 15 is 0 Å². The van der Waals surface area contributed by atoms with E-state index in [4.69, 9.17) is 14.9 Å². The van der Waals surface area contributed by atoms with Gasteiger partial charge in [-0.3, -0.25) is 0 Å². The number of furan rings is 1. The maximum Gasteiger partial charge on any atom is 0.134 e. The molecule has 0 aliphatic heterocycles. The van der Waals surface area contributed by atoms with Crippen molar-refractivity contribution in [2.24, 2.45) is 5.73 Å². The third kappa shape index (κ3) is 2.63. The first-order valence-electron chi connectivity index (χ1n) is 6.18. The summed E-state index contributed by atoms with van der Waals surface area (Å²) in [7, 11) is 1.69. The molecule has 0 spiro atoms. The normalized spacial score (nSPS) is 12.6. The van der Waals surface area contributed by atoms with Gasteiger partial charge >= 0.3 is 0 Å². The smallest absolute Gasteiger partial charge is 0.134 e. The summed E-state index contributed by atoms with van der Waals surface area (Å²) in [6, 6.07) is 12.0. The zero-order chi connectivity index (χ0) is 13.0. The van der Waals surface area contributed by atoms with Crippen LogP contribution in [0, 0.1) is 0 Å². The highest BCUT2D eigenvalue weighted by atomic mass is 16.5. The molecule has 2 rings (SSSR count). The summed E-state index contributed by atoms with van der Waals surface area (Å²) in [6.07, 6.45) is 0.868. The Morgan fingerprint density at radius 3 is 2.72 bits per heavy atom. The molecule has 3 nitrogen and oxygen atoms in total. The van der Waals surface area contributed by atoms with Gasteiger partial charge in [0.1, 0.15) is 11.5 Å². The van der Waals surface area contributed by atoms with Gasteiger partial charge in [-0.15, -0.1) is 0 Å². The number of methoxy groups -OCH3 is 1. The Kier molecular flexibility index (Phi) is 4.18. The van der Waals surface area contributed by atoms with Crippen molar-refractivity contribution in [1.29, 1.82) is 0 Å². The zero-order valence-corrected chi connectivity index (χ0v) is 10.8. The van der Waals surface area contributed by atoms with Crippen molar-refractivity contribution in [3.63, 3.8) is 0 Å². The predicted octanol–water partition coefficient (Wildman–Crippen LogP) is 3.50. The lowest BCUT2D eigenvalue weighted by Crippen LogP contribution is -2.06. The monoisotopic (exact) mass is 245 g/mol. The highest BCUT2D eigenvalue weighted by Crippen LogP contribution is 2.28. The van der Waals surface area contributed by atoms with E-state index in [1.165, 1.54) is 0 Å². The minimum atomic E-state index is -0.0339. The summed E-state index contributed by atoms with van der Waals surface area (Å²) in [5.74, 6) is 1.68. The predicted molar refractivity (Wildman–Crippen MR) is 72.1 cm³/mol. The summed E-state index contributed by atoms with van der Waals surface area (Å²) in [6.45, 7) is 2.62. The van der Waals surface area contributed by atoms with E-state index < -0.39 is 0 Å². The van der Waals surface area contributed by atoms with Crippen LogP contribution in [0.2, 0.25) is 0 Å². The molecule has 96 valence electrons. The van der Waals surface area contributed by atoms with Crippen LogP contribution < -0.4 is 5.73 Å². The van der Waals surface area contributed by atoms with Crippen molar-refractivity contribution in [2.75, 3.05) is 7.11 Å². The Morgan fingerprint density at radius 1 is 1.22 bits per heavy atom. The molecule has 0 bridgehead atoms. The minimum Gasteiger partial charge on any atom is -0.459 e. The topological polar surface area (TPSA) is 48.4 Å². The van der Waals surface area contributed by atoms with Crippen LogP contribution >= 0.6 is 0 Å². The quantitative estimate of drug-likeness (QED) is 0.877. The van der Waals surface area contributed by atoms with Crippen LogP contribution in [0.5, 0.6) is 0 Å². The number of hydrogen-bond donors (Lipinski definition) is 1. The molecular weight excluding hydrogens is 226 g/mol.